The molecular formula is C26H27N5O7. The smallest absolute Gasteiger partial charge is 0.332 e. The molecule has 0 saturated heterocycles. The second-order valence-corrected chi connectivity index (χ2v) is 8.22. The van der Waals surface area contributed by atoms with Gasteiger partial charge in [0.25, 0.3) is 11.5 Å². The van der Waals surface area contributed by atoms with Gasteiger partial charge in [-0.15, -0.1) is 0 Å². The summed E-state index contributed by atoms with van der Waals surface area (Å²) in [6.07, 6.45) is 0. The van der Waals surface area contributed by atoms with Crippen molar-refractivity contribution in [2.24, 2.45) is 14.1 Å². The number of pyridine rings is 1. The van der Waals surface area contributed by atoms with Gasteiger partial charge < -0.3 is 30.0 Å². The predicted molar refractivity (Wildman–Crippen MR) is 143 cm³/mol. The zero-order valence-electron chi connectivity index (χ0n) is 21.7. The lowest BCUT2D eigenvalue weighted by Crippen LogP contribution is -2.38. The number of fused-ring (bicyclic) bond motifs is 1. The molecule has 12 nitrogen and oxygen atoms in total. The van der Waals surface area contributed by atoms with Crippen LogP contribution in [-0.4, -0.2) is 48.5 Å². The molecule has 0 aliphatic rings. The number of aryl methyl sites for hydroxylation is 1. The molecule has 0 aliphatic carbocycles. The molecule has 1 amide bonds. The topological polar surface area (TPSA) is 149 Å². The first-order valence-electron chi connectivity index (χ1n) is 11.3. The highest BCUT2D eigenvalue weighted by molar-refractivity contribution is 6.16. The van der Waals surface area contributed by atoms with E-state index in [2.05, 4.69) is 10.3 Å². The Morgan fingerprint density at radius 2 is 1.50 bits per heavy atom. The number of amides is 1. The fourth-order valence-electron chi connectivity index (χ4n) is 4.28. The molecule has 0 atom stereocenters. The fourth-order valence-corrected chi connectivity index (χ4v) is 4.28. The second-order valence-electron chi connectivity index (χ2n) is 8.22. The summed E-state index contributed by atoms with van der Waals surface area (Å²) in [4.78, 5) is 44.2. The highest BCUT2D eigenvalue weighted by Gasteiger charge is 2.27. The van der Waals surface area contributed by atoms with E-state index in [1.54, 1.807) is 36.4 Å². The van der Waals surface area contributed by atoms with E-state index in [-0.39, 0.29) is 39.5 Å². The molecule has 2 aromatic heterocycles. The number of ether oxygens (including phenoxy) is 4. The van der Waals surface area contributed by atoms with Crippen LogP contribution in [0.25, 0.3) is 22.2 Å². The molecular weight excluding hydrogens is 494 g/mol. The number of nitrogens with one attached hydrogen (secondary N) is 1. The summed E-state index contributed by atoms with van der Waals surface area (Å²) in [5, 5.41) is 2.79. The van der Waals surface area contributed by atoms with Gasteiger partial charge in [0.1, 0.15) is 11.6 Å². The Morgan fingerprint density at radius 1 is 0.895 bits per heavy atom. The number of nitrogens with zero attached hydrogens (tertiary/aromatic N) is 3. The molecule has 38 heavy (non-hydrogen) atoms. The van der Waals surface area contributed by atoms with Crippen LogP contribution in [0.4, 0.5) is 11.5 Å². The molecule has 0 radical (unpaired) electrons. The van der Waals surface area contributed by atoms with E-state index in [1.165, 1.54) is 47.1 Å². The average molecular weight is 522 g/mol. The van der Waals surface area contributed by atoms with Gasteiger partial charge in [0.05, 0.1) is 45.1 Å². The summed E-state index contributed by atoms with van der Waals surface area (Å²) >= 11 is 0. The first-order chi connectivity index (χ1) is 18.2. The number of anilines is 2. The second kappa shape index (κ2) is 10.2. The molecule has 198 valence electrons. The van der Waals surface area contributed by atoms with Crippen molar-refractivity contribution in [3.63, 3.8) is 0 Å². The number of para-hydroxylation sites is 2. The molecule has 0 unspecified atom stereocenters. The molecule has 3 N–H and O–H groups in total. The van der Waals surface area contributed by atoms with Crippen LogP contribution in [0.5, 0.6) is 23.0 Å². The van der Waals surface area contributed by atoms with Crippen molar-refractivity contribution in [2.75, 3.05) is 39.5 Å². The lowest BCUT2D eigenvalue weighted by atomic mass is 9.95. The maximum absolute atomic E-state index is 13.8. The van der Waals surface area contributed by atoms with E-state index < -0.39 is 17.2 Å². The number of methoxy groups -OCH3 is 4. The van der Waals surface area contributed by atoms with Crippen molar-refractivity contribution in [3.8, 4) is 34.1 Å². The van der Waals surface area contributed by atoms with Crippen LogP contribution in [0.2, 0.25) is 0 Å². The van der Waals surface area contributed by atoms with E-state index >= 15 is 0 Å². The number of rotatable bonds is 7. The summed E-state index contributed by atoms with van der Waals surface area (Å²) in [5.74, 6) is 0.440. The molecule has 4 aromatic rings. The number of nitrogen functional groups attached to an aromatic ring is 1. The van der Waals surface area contributed by atoms with Crippen molar-refractivity contribution in [3.05, 3.63) is 62.8 Å². The largest absolute Gasteiger partial charge is 0.495 e. The first kappa shape index (κ1) is 26.1. The number of nitrogens with two attached hydrogens (primary N) is 1. The molecule has 4 rings (SSSR count). The molecule has 2 aromatic carbocycles. The van der Waals surface area contributed by atoms with Gasteiger partial charge in [-0.25, -0.2) is 9.78 Å². The van der Waals surface area contributed by atoms with Crippen LogP contribution in [-0.2, 0) is 14.1 Å². The van der Waals surface area contributed by atoms with Gasteiger partial charge in [-0.3, -0.25) is 18.7 Å². The number of carbonyl (C=O) groups excluding carboxylic acids is 1. The third-order valence-corrected chi connectivity index (χ3v) is 6.15. The SMILES string of the molecule is COc1ccccc1NC(=O)c1c(N)nc2c(c1-c1cc(OC)c(OC)c(OC)c1)c(=O)n(C)c(=O)n2C. The molecule has 2 heterocycles. The zero-order valence-corrected chi connectivity index (χ0v) is 21.7. The third kappa shape index (κ3) is 4.15. The Morgan fingerprint density at radius 3 is 2.08 bits per heavy atom. The lowest BCUT2D eigenvalue weighted by molar-refractivity contribution is 0.102. The van der Waals surface area contributed by atoms with E-state index in [0.717, 1.165) is 4.57 Å². The Balaban J connectivity index is 2.15. The lowest BCUT2D eigenvalue weighted by Gasteiger charge is -2.19. The highest BCUT2D eigenvalue weighted by Crippen LogP contribution is 2.43. The van der Waals surface area contributed by atoms with Crippen LogP contribution in [0.15, 0.2) is 46.0 Å². The van der Waals surface area contributed by atoms with Gasteiger partial charge in [-0.05, 0) is 29.8 Å². The van der Waals surface area contributed by atoms with E-state index in [9.17, 15) is 14.4 Å². The minimum Gasteiger partial charge on any atom is -0.495 e. The van der Waals surface area contributed by atoms with Gasteiger partial charge >= 0.3 is 5.69 Å². The van der Waals surface area contributed by atoms with Crippen LogP contribution < -0.4 is 41.2 Å². The van der Waals surface area contributed by atoms with Crippen molar-refractivity contribution in [1.29, 1.82) is 0 Å². The normalized spacial score (nSPS) is 10.8. The highest BCUT2D eigenvalue weighted by atomic mass is 16.5. The van der Waals surface area contributed by atoms with E-state index in [0.29, 0.717) is 22.7 Å². The number of benzene rings is 2. The van der Waals surface area contributed by atoms with E-state index in [4.69, 9.17) is 24.7 Å². The molecule has 0 spiro atoms. The summed E-state index contributed by atoms with van der Waals surface area (Å²) in [5.41, 5.74) is 5.86. The minimum atomic E-state index is -0.661. The molecule has 12 heteroatoms. The van der Waals surface area contributed by atoms with Crippen molar-refractivity contribution in [2.45, 2.75) is 0 Å². The number of hydrogen-bond acceptors (Lipinski definition) is 9. The van der Waals surface area contributed by atoms with Gasteiger partial charge in [0, 0.05) is 19.7 Å². The Kier molecular flexibility index (Phi) is 6.98. The fraction of sp³-hybridized carbons (Fsp3) is 0.231. The Labute approximate surface area is 217 Å². The number of carbonyl (C=O) groups is 1. The molecule has 0 saturated carbocycles. The minimum absolute atomic E-state index is 0.00301. The van der Waals surface area contributed by atoms with Crippen LogP contribution in [0.1, 0.15) is 10.4 Å². The van der Waals surface area contributed by atoms with Gasteiger partial charge in [-0.1, -0.05) is 12.1 Å². The van der Waals surface area contributed by atoms with Crippen LogP contribution >= 0.6 is 0 Å². The van der Waals surface area contributed by atoms with E-state index in [1.807, 2.05) is 0 Å². The van der Waals surface area contributed by atoms with Crippen molar-refractivity contribution < 1.29 is 23.7 Å². The summed E-state index contributed by atoms with van der Waals surface area (Å²) in [7, 11) is 8.62. The van der Waals surface area contributed by atoms with Crippen LogP contribution in [0.3, 0.4) is 0 Å². The molecule has 0 aliphatic heterocycles. The Hall–Kier alpha value is -5.00. The summed E-state index contributed by atoms with van der Waals surface area (Å²) in [6.45, 7) is 0. The molecule has 0 bridgehead atoms. The molecule has 0 fully saturated rings. The maximum Gasteiger partial charge on any atom is 0.332 e. The van der Waals surface area contributed by atoms with Crippen molar-refractivity contribution in [1.82, 2.24) is 14.1 Å². The quantitative estimate of drug-likeness (QED) is 0.373. The van der Waals surface area contributed by atoms with Gasteiger partial charge in [0.2, 0.25) is 5.75 Å². The van der Waals surface area contributed by atoms with Gasteiger partial charge in [0.15, 0.2) is 17.1 Å². The monoisotopic (exact) mass is 521 g/mol. The zero-order chi connectivity index (χ0) is 27.7. The van der Waals surface area contributed by atoms with Crippen LogP contribution in [0, 0.1) is 0 Å². The first-order valence-corrected chi connectivity index (χ1v) is 11.3. The summed E-state index contributed by atoms with van der Waals surface area (Å²) in [6, 6.07) is 9.99. The average Bonchev–Trinajstić information content (AvgIpc) is 2.93. The standard InChI is InChI=1S/C26H27N5O7/c1-30-23-20(25(33)31(2)26(30)34)18(13-11-16(36-4)21(38-6)17(12-13)37-5)19(22(27)29-23)24(32)28-14-9-7-8-10-15(14)35-3/h7-12H,1-6H3,(H2,27,29)(H,28,32). The summed E-state index contributed by atoms with van der Waals surface area (Å²) < 4.78 is 23.9. The third-order valence-electron chi connectivity index (χ3n) is 6.15. The number of aromatic nitrogens is 3. The Bertz CT molecular complexity index is 1670. The maximum atomic E-state index is 13.8. The number of hydrogen-bond donors (Lipinski definition) is 2. The van der Waals surface area contributed by atoms with Gasteiger partial charge in [-0.2, -0.15) is 0 Å². The predicted octanol–water partition coefficient (Wildman–Crippen LogP) is 2.17. The van der Waals surface area contributed by atoms with Crippen molar-refractivity contribution >= 4 is 28.4 Å².